The van der Waals surface area contributed by atoms with Gasteiger partial charge in [0.05, 0.1) is 29.1 Å². The van der Waals surface area contributed by atoms with Crippen molar-refractivity contribution in [3.05, 3.63) is 71.8 Å². The summed E-state index contributed by atoms with van der Waals surface area (Å²) in [5, 5.41) is 29.6. The predicted molar refractivity (Wildman–Crippen MR) is 215 cm³/mol. The van der Waals surface area contributed by atoms with Gasteiger partial charge in [-0.25, -0.2) is 12.6 Å². The van der Waals surface area contributed by atoms with Gasteiger partial charge in [0.25, 0.3) is 20.2 Å². The number of sulfone groups is 1. The SMILES string of the molecule is C.Cc1ccc(N=Nc2c(C)cc3cc(S(=O)(=O)O)c(N=Nc4cc(Nc5nc(F)nc(N(C)CS(=O)(=O)CCOS(=O)(=O)O)n5)ccc4S(=O)(=O)O)c(O)c3c2N)cc1. The van der Waals surface area contributed by atoms with E-state index in [9.17, 15) is 52.3 Å². The summed E-state index contributed by atoms with van der Waals surface area (Å²) in [5.74, 6) is -3.86. The largest absolute Gasteiger partial charge is 0.505 e. The minimum Gasteiger partial charge on any atom is -0.505 e. The fraction of sp³-hybridized carbons (Fsp3) is 0.219. The molecular formula is C32H35FN10O13S4. The average Bonchev–Trinajstić information content (AvgIpc) is 3.09. The summed E-state index contributed by atoms with van der Waals surface area (Å²) in [6, 6.07) is 12.0. The van der Waals surface area contributed by atoms with E-state index in [0.717, 1.165) is 41.8 Å². The number of benzene rings is 4. The van der Waals surface area contributed by atoms with Gasteiger partial charge in [-0.05, 0) is 67.3 Å². The zero-order chi connectivity index (χ0) is 43.7. The normalized spacial score (nSPS) is 12.6. The Morgan fingerprint density at radius 3 is 2.07 bits per heavy atom. The molecule has 1 aromatic heterocycles. The molecule has 23 nitrogen and oxygen atoms in total. The van der Waals surface area contributed by atoms with Gasteiger partial charge in [0.2, 0.25) is 11.9 Å². The van der Waals surface area contributed by atoms with Gasteiger partial charge in [0, 0.05) is 12.7 Å². The quantitative estimate of drug-likeness (QED) is 0.0435. The zero-order valence-electron chi connectivity index (χ0n) is 30.4. The number of aromatic nitrogens is 3. The molecule has 0 fully saturated rings. The molecule has 0 saturated carbocycles. The third-order valence-electron chi connectivity index (χ3n) is 7.82. The molecule has 0 aliphatic carbocycles. The number of aromatic hydroxyl groups is 1. The number of rotatable bonds is 15. The fourth-order valence-corrected chi connectivity index (χ4v) is 8.04. The Morgan fingerprint density at radius 2 is 1.45 bits per heavy atom. The molecule has 60 heavy (non-hydrogen) atoms. The van der Waals surface area contributed by atoms with Crippen LogP contribution in [0.15, 0.2) is 84.8 Å². The summed E-state index contributed by atoms with van der Waals surface area (Å²) in [5.41, 5.74) is 6.31. The van der Waals surface area contributed by atoms with Crippen LogP contribution in [0.3, 0.4) is 0 Å². The number of nitrogens with two attached hydrogens (primary N) is 1. The van der Waals surface area contributed by atoms with Crippen LogP contribution in [0, 0.1) is 19.9 Å². The van der Waals surface area contributed by atoms with Crippen molar-refractivity contribution in [1.82, 2.24) is 15.0 Å². The Labute approximate surface area is 342 Å². The molecule has 322 valence electrons. The van der Waals surface area contributed by atoms with Crippen molar-refractivity contribution in [3.8, 4) is 5.75 Å². The number of azo groups is 2. The third-order valence-corrected chi connectivity index (χ3v) is 11.6. The topological polar surface area (TPSA) is 356 Å². The zero-order valence-corrected chi connectivity index (χ0v) is 33.7. The number of nitrogen functional groups attached to an aromatic ring is 1. The summed E-state index contributed by atoms with van der Waals surface area (Å²) in [6.45, 7) is 2.53. The lowest BCUT2D eigenvalue weighted by atomic mass is 10.0. The van der Waals surface area contributed by atoms with Crippen LogP contribution in [0.25, 0.3) is 10.8 Å². The summed E-state index contributed by atoms with van der Waals surface area (Å²) in [6.07, 6.45) is -1.43. The van der Waals surface area contributed by atoms with Crippen molar-refractivity contribution in [2.45, 2.75) is 31.1 Å². The molecule has 0 aliphatic rings. The van der Waals surface area contributed by atoms with Crippen molar-refractivity contribution >= 4 is 97.3 Å². The maximum absolute atomic E-state index is 14.5. The Morgan fingerprint density at radius 1 is 0.817 bits per heavy atom. The molecule has 0 amide bonds. The lowest BCUT2D eigenvalue weighted by Gasteiger charge is -2.17. The maximum atomic E-state index is 14.5. The lowest BCUT2D eigenvalue weighted by Crippen LogP contribution is -2.31. The molecule has 0 aliphatic heterocycles. The monoisotopic (exact) mass is 914 g/mol. The summed E-state index contributed by atoms with van der Waals surface area (Å²) < 4.78 is 143. The van der Waals surface area contributed by atoms with Gasteiger partial charge in [-0.15, -0.1) is 15.3 Å². The Kier molecular flexibility index (Phi) is 13.9. The van der Waals surface area contributed by atoms with E-state index < -0.39 is 104 Å². The smallest absolute Gasteiger partial charge is 0.397 e. The molecule has 0 spiro atoms. The van der Waals surface area contributed by atoms with Crippen LogP contribution in [0.4, 0.5) is 50.4 Å². The van der Waals surface area contributed by atoms with E-state index in [1.165, 1.54) is 6.07 Å². The highest BCUT2D eigenvalue weighted by Gasteiger charge is 2.26. The first-order valence-electron chi connectivity index (χ1n) is 16.1. The minimum absolute atomic E-state index is 0. The van der Waals surface area contributed by atoms with E-state index in [1.54, 1.807) is 31.2 Å². The van der Waals surface area contributed by atoms with Crippen LogP contribution in [-0.2, 0) is 44.7 Å². The molecule has 5 aromatic rings. The highest BCUT2D eigenvalue weighted by molar-refractivity contribution is 7.91. The minimum atomic E-state index is -5.18. The number of hydrogen-bond acceptors (Lipinski definition) is 20. The molecule has 0 unspecified atom stereocenters. The number of fused-ring (bicyclic) bond motifs is 1. The number of halogens is 1. The summed E-state index contributed by atoms with van der Waals surface area (Å²) >= 11 is 0. The molecule has 28 heteroatoms. The second-order valence-corrected chi connectivity index (χ2v) is 18.4. The van der Waals surface area contributed by atoms with Crippen LogP contribution < -0.4 is 16.0 Å². The number of hydrogen-bond donors (Lipinski definition) is 6. The van der Waals surface area contributed by atoms with Crippen molar-refractivity contribution in [2.24, 2.45) is 20.5 Å². The molecule has 1 heterocycles. The Bertz CT molecular complexity index is 2990. The first-order chi connectivity index (χ1) is 27.3. The molecule has 0 atom stereocenters. The number of nitrogens with one attached hydrogen (secondary N) is 1. The summed E-state index contributed by atoms with van der Waals surface area (Å²) in [7, 11) is -18.2. The van der Waals surface area contributed by atoms with Crippen molar-refractivity contribution in [1.29, 1.82) is 0 Å². The van der Waals surface area contributed by atoms with Crippen LogP contribution in [-0.4, -0.2) is 92.7 Å². The molecule has 5 rings (SSSR count). The van der Waals surface area contributed by atoms with Gasteiger partial charge in [-0.1, -0.05) is 25.1 Å². The van der Waals surface area contributed by atoms with Crippen LogP contribution in [0.2, 0.25) is 0 Å². The number of phenols is 1. The Balaban J connectivity index is 0.00000794. The first kappa shape index (κ1) is 46.8. The highest BCUT2D eigenvalue weighted by atomic mass is 32.3. The van der Waals surface area contributed by atoms with Crippen LogP contribution in [0.5, 0.6) is 5.75 Å². The third kappa shape index (κ3) is 11.7. The molecule has 0 radical (unpaired) electrons. The standard InChI is InChI=1S/C31H31FN10O13S4.CH4/c1-16-4-6-19(7-5-16)38-40-26-17(2)12-18-13-23(58(49,50)51)27(28(43)24(18)25(26)33)41-39-21-14-20(8-9-22(21)57(46,47)48)34-30-35-29(32)36-31(37-30)42(3)15-56(44,45)11-10-55-59(52,53)54;/h4-9,12-14,43H,10-11,15,33H2,1-3H3,(H,46,47,48)(H,49,50,51)(H,52,53,54)(H,34,35,36,37);1H4. The second kappa shape index (κ2) is 17.8. The van der Waals surface area contributed by atoms with Gasteiger partial charge in [-0.2, -0.15) is 49.7 Å². The van der Waals surface area contributed by atoms with Gasteiger partial charge < -0.3 is 21.1 Å². The maximum Gasteiger partial charge on any atom is 0.397 e. The predicted octanol–water partition coefficient (Wildman–Crippen LogP) is 5.40. The van der Waals surface area contributed by atoms with E-state index in [1.807, 2.05) is 6.92 Å². The lowest BCUT2D eigenvalue weighted by molar-refractivity contribution is 0.284. The molecule has 4 aromatic carbocycles. The van der Waals surface area contributed by atoms with E-state index >= 15 is 0 Å². The number of phenolic OH excluding ortho intramolecular Hbond substituents is 1. The first-order valence-corrected chi connectivity index (χ1v) is 22.2. The van der Waals surface area contributed by atoms with E-state index in [-0.39, 0.29) is 35.3 Å². The highest BCUT2D eigenvalue weighted by Crippen LogP contribution is 2.47. The van der Waals surface area contributed by atoms with Crippen molar-refractivity contribution in [2.75, 3.05) is 41.2 Å². The Hall–Kier alpha value is -5.88. The molecular weight excluding hydrogens is 880 g/mol. The second-order valence-electron chi connectivity index (χ2n) is 12.4. The van der Waals surface area contributed by atoms with Gasteiger partial charge >= 0.3 is 16.5 Å². The van der Waals surface area contributed by atoms with Crippen LogP contribution >= 0.6 is 0 Å². The number of aryl methyl sites for hydroxylation is 2. The van der Waals surface area contributed by atoms with Gasteiger partial charge in [0.1, 0.15) is 32.7 Å². The average molecular weight is 915 g/mol. The molecule has 0 bridgehead atoms. The summed E-state index contributed by atoms with van der Waals surface area (Å²) in [4.78, 5) is 9.73. The van der Waals surface area contributed by atoms with E-state index in [4.69, 9.17) is 10.3 Å². The van der Waals surface area contributed by atoms with Crippen LogP contribution in [0.1, 0.15) is 18.6 Å². The van der Waals surface area contributed by atoms with Gasteiger partial charge in [0.15, 0.2) is 15.6 Å². The van der Waals surface area contributed by atoms with Crippen molar-refractivity contribution in [3.63, 3.8) is 0 Å². The molecule has 0 saturated heterocycles. The number of nitrogens with zero attached hydrogens (tertiary/aromatic N) is 8. The van der Waals surface area contributed by atoms with E-state index in [0.29, 0.717) is 11.3 Å². The fourth-order valence-electron chi connectivity index (χ4n) is 5.20. The molecule has 7 N–H and O–H groups in total. The van der Waals surface area contributed by atoms with E-state index in [2.05, 4.69) is 44.9 Å². The van der Waals surface area contributed by atoms with Gasteiger partial charge in [-0.3, -0.25) is 13.7 Å². The number of anilines is 4. The van der Waals surface area contributed by atoms with Crippen molar-refractivity contribution < 1.29 is 61.0 Å².